The second-order valence-electron chi connectivity index (χ2n) is 6.28. The summed E-state index contributed by atoms with van der Waals surface area (Å²) in [4.78, 5) is 36.8. The van der Waals surface area contributed by atoms with Gasteiger partial charge in [0.05, 0.1) is 0 Å². The summed E-state index contributed by atoms with van der Waals surface area (Å²) < 4.78 is 1.54. The number of anilines is 1. The third-order valence-electron chi connectivity index (χ3n) is 4.29. The van der Waals surface area contributed by atoms with Crippen LogP contribution in [0.1, 0.15) is 26.3 Å². The average Bonchev–Trinajstić information content (AvgIpc) is 3.33. The van der Waals surface area contributed by atoms with Crippen molar-refractivity contribution in [1.29, 1.82) is 0 Å². The number of hydrogen-bond donors (Lipinski definition) is 2. The van der Waals surface area contributed by atoms with Crippen LogP contribution in [-0.2, 0) is 6.54 Å². The monoisotopic (exact) mass is 399 g/mol. The van der Waals surface area contributed by atoms with Gasteiger partial charge in [0, 0.05) is 47.5 Å². The molecule has 0 radical (unpaired) electrons. The van der Waals surface area contributed by atoms with Crippen LogP contribution in [0.2, 0.25) is 0 Å². The number of nitrogens with zero attached hydrogens (tertiary/aromatic N) is 5. The van der Waals surface area contributed by atoms with Gasteiger partial charge in [-0.1, -0.05) is 6.07 Å². The Morgan fingerprint density at radius 1 is 0.867 bits per heavy atom. The molecule has 0 fully saturated rings. The van der Waals surface area contributed by atoms with E-state index < -0.39 is 0 Å². The van der Waals surface area contributed by atoms with Crippen molar-refractivity contribution in [3.63, 3.8) is 0 Å². The maximum Gasteiger partial charge on any atom is 0.255 e. The maximum absolute atomic E-state index is 12.5. The first-order valence-electron chi connectivity index (χ1n) is 9.09. The SMILES string of the molecule is O=C(NCc1cccnc1-n1cncn1)c1ccc(NC(=O)c2ccncc2)cc1. The summed E-state index contributed by atoms with van der Waals surface area (Å²) in [6.07, 6.45) is 7.73. The van der Waals surface area contributed by atoms with E-state index in [1.165, 1.54) is 6.33 Å². The second kappa shape index (κ2) is 8.74. The van der Waals surface area contributed by atoms with Gasteiger partial charge >= 0.3 is 0 Å². The lowest BCUT2D eigenvalue weighted by Gasteiger charge is -2.10. The molecule has 0 atom stereocenters. The van der Waals surface area contributed by atoms with Gasteiger partial charge in [-0.05, 0) is 42.5 Å². The van der Waals surface area contributed by atoms with Gasteiger partial charge in [-0.2, -0.15) is 5.10 Å². The first kappa shape index (κ1) is 18.9. The number of hydrogen-bond acceptors (Lipinski definition) is 6. The molecule has 0 aliphatic heterocycles. The number of nitrogens with one attached hydrogen (secondary N) is 2. The van der Waals surface area contributed by atoms with E-state index in [1.807, 2.05) is 6.07 Å². The fraction of sp³-hybridized carbons (Fsp3) is 0.0476. The molecule has 2 amide bonds. The van der Waals surface area contributed by atoms with Crippen molar-refractivity contribution in [2.75, 3.05) is 5.32 Å². The molecule has 30 heavy (non-hydrogen) atoms. The van der Waals surface area contributed by atoms with Crippen LogP contribution in [0.25, 0.3) is 5.82 Å². The Balaban J connectivity index is 1.39. The van der Waals surface area contributed by atoms with E-state index in [2.05, 4.69) is 30.7 Å². The van der Waals surface area contributed by atoms with E-state index in [0.717, 1.165) is 5.56 Å². The Labute approximate surface area is 171 Å². The molecular formula is C21H17N7O2. The molecular weight excluding hydrogens is 382 g/mol. The highest BCUT2D eigenvalue weighted by atomic mass is 16.2. The summed E-state index contributed by atoms with van der Waals surface area (Å²) in [5.74, 6) is 0.117. The third kappa shape index (κ3) is 4.36. The van der Waals surface area contributed by atoms with Crippen molar-refractivity contribution in [2.45, 2.75) is 6.54 Å². The molecule has 9 heteroatoms. The predicted octanol–water partition coefficient (Wildman–Crippen LogP) is 2.24. The van der Waals surface area contributed by atoms with E-state index in [-0.39, 0.29) is 18.4 Å². The van der Waals surface area contributed by atoms with E-state index in [1.54, 1.807) is 72.1 Å². The zero-order valence-corrected chi connectivity index (χ0v) is 15.8. The Hall–Kier alpha value is -4.40. The van der Waals surface area contributed by atoms with Crippen LogP contribution in [0, 0.1) is 0 Å². The molecule has 4 rings (SSSR count). The van der Waals surface area contributed by atoms with Gasteiger partial charge < -0.3 is 10.6 Å². The summed E-state index contributed by atoms with van der Waals surface area (Å²) >= 11 is 0. The van der Waals surface area contributed by atoms with Crippen LogP contribution >= 0.6 is 0 Å². The van der Waals surface area contributed by atoms with E-state index in [4.69, 9.17) is 0 Å². The minimum Gasteiger partial charge on any atom is -0.348 e. The van der Waals surface area contributed by atoms with Crippen molar-refractivity contribution in [3.8, 4) is 5.82 Å². The lowest BCUT2D eigenvalue weighted by atomic mass is 10.1. The van der Waals surface area contributed by atoms with Crippen molar-refractivity contribution in [1.82, 2.24) is 30.0 Å². The number of rotatable bonds is 6. The van der Waals surface area contributed by atoms with E-state index >= 15 is 0 Å². The molecule has 4 aromatic rings. The van der Waals surface area contributed by atoms with Crippen molar-refractivity contribution < 1.29 is 9.59 Å². The molecule has 9 nitrogen and oxygen atoms in total. The molecule has 1 aromatic carbocycles. The van der Waals surface area contributed by atoms with Gasteiger partial charge in [-0.3, -0.25) is 14.6 Å². The minimum absolute atomic E-state index is 0.240. The summed E-state index contributed by atoms with van der Waals surface area (Å²) in [6.45, 7) is 0.280. The maximum atomic E-state index is 12.5. The molecule has 0 saturated carbocycles. The standard InChI is InChI=1S/C21H17N7O2/c29-20(25-12-17-2-1-9-24-19(17)28-14-23-13-26-28)15-3-5-18(6-4-15)27-21(30)16-7-10-22-11-8-16/h1-11,13-14H,12H2,(H,25,29)(H,27,30). The van der Waals surface area contributed by atoms with Crippen LogP contribution in [-0.4, -0.2) is 36.5 Å². The number of carbonyl (C=O) groups is 2. The zero-order valence-electron chi connectivity index (χ0n) is 15.8. The summed E-state index contributed by atoms with van der Waals surface area (Å²) in [7, 11) is 0. The molecule has 0 bridgehead atoms. The fourth-order valence-corrected chi connectivity index (χ4v) is 2.78. The molecule has 3 heterocycles. The first-order valence-corrected chi connectivity index (χ1v) is 9.09. The summed E-state index contributed by atoms with van der Waals surface area (Å²) in [5, 5.41) is 9.73. The highest BCUT2D eigenvalue weighted by Gasteiger charge is 2.11. The average molecular weight is 399 g/mol. The Kier molecular flexibility index (Phi) is 5.52. The van der Waals surface area contributed by atoms with Gasteiger partial charge in [-0.25, -0.2) is 14.6 Å². The van der Waals surface area contributed by atoms with E-state index in [9.17, 15) is 9.59 Å². The normalized spacial score (nSPS) is 10.4. The Morgan fingerprint density at radius 2 is 1.63 bits per heavy atom. The third-order valence-corrected chi connectivity index (χ3v) is 4.29. The smallest absolute Gasteiger partial charge is 0.255 e. The molecule has 0 spiro atoms. The largest absolute Gasteiger partial charge is 0.348 e. The molecule has 0 saturated heterocycles. The van der Waals surface area contributed by atoms with Crippen molar-refractivity contribution in [2.24, 2.45) is 0 Å². The summed E-state index contributed by atoms with van der Waals surface area (Å²) in [6, 6.07) is 13.6. The van der Waals surface area contributed by atoms with Crippen LogP contribution in [0.3, 0.4) is 0 Å². The zero-order chi connectivity index (χ0) is 20.8. The van der Waals surface area contributed by atoms with Crippen molar-refractivity contribution in [3.05, 3.63) is 96.5 Å². The van der Waals surface area contributed by atoms with Crippen molar-refractivity contribution >= 4 is 17.5 Å². The Bertz CT molecular complexity index is 1140. The molecule has 148 valence electrons. The van der Waals surface area contributed by atoms with Crippen LogP contribution in [0.5, 0.6) is 0 Å². The fourth-order valence-electron chi connectivity index (χ4n) is 2.78. The number of carbonyl (C=O) groups excluding carboxylic acids is 2. The van der Waals surface area contributed by atoms with E-state index in [0.29, 0.717) is 22.6 Å². The second-order valence-corrected chi connectivity index (χ2v) is 6.28. The molecule has 0 unspecified atom stereocenters. The highest BCUT2D eigenvalue weighted by Crippen LogP contribution is 2.13. The minimum atomic E-state index is -0.244. The van der Waals surface area contributed by atoms with Gasteiger partial charge in [0.25, 0.3) is 11.8 Å². The van der Waals surface area contributed by atoms with Gasteiger partial charge in [0.1, 0.15) is 12.7 Å². The molecule has 0 aliphatic rings. The van der Waals surface area contributed by atoms with Crippen LogP contribution < -0.4 is 10.6 Å². The Morgan fingerprint density at radius 3 is 2.37 bits per heavy atom. The number of aromatic nitrogens is 5. The molecule has 2 N–H and O–H groups in total. The van der Waals surface area contributed by atoms with Gasteiger partial charge in [0.15, 0.2) is 5.82 Å². The topological polar surface area (TPSA) is 115 Å². The van der Waals surface area contributed by atoms with Gasteiger partial charge in [-0.15, -0.1) is 0 Å². The molecule has 0 aliphatic carbocycles. The van der Waals surface area contributed by atoms with Gasteiger partial charge in [0.2, 0.25) is 0 Å². The predicted molar refractivity (Wildman–Crippen MR) is 109 cm³/mol. The molecule has 3 aromatic heterocycles. The number of pyridine rings is 2. The van der Waals surface area contributed by atoms with Crippen LogP contribution in [0.15, 0.2) is 79.8 Å². The number of benzene rings is 1. The highest BCUT2D eigenvalue weighted by molar-refractivity contribution is 6.04. The summed E-state index contributed by atoms with van der Waals surface area (Å²) in [5.41, 5.74) is 2.38. The quantitative estimate of drug-likeness (QED) is 0.514. The number of amides is 2. The lowest BCUT2D eigenvalue weighted by molar-refractivity contribution is 0.0950. The lowest BCUT2D eigenvalue weighted by Crippen LogP contribution is -2.24. The first-order chi connectivity index (χ1) is 14.7. The van der Waals surface area contributed by atoms with Crippen LogP contribution in [0.4, 0.5) is 5.69 Å².